The standard InChI is InChI=1S/C46H55N5O9S3/c1-32(48-24-6-8-28-62(55,56)57)12-14-36-30-38(46(54)49-25-27-51-43(52)22-23-44(51)53)31-37(45(36)61-40-19-17-39(47)18-20-40)15-13-33(2)50(26-7-9-29-63(58,59)60)42-21-16-35-10-4-5-11-41(35)34(42)3/h4-5,10-23,38H,6-9,24-31,47H2,1-3H3,(H,49,54)(H,55,56,57)(H,58,59,60)/b14-12+,33-13+,37-15+,48-32?. The zero-order valence-corrected chi connectivity index (χ0v) is 38.1. The van der Waals surface area contributed by atoms with Crippen LogP contribution >= 0.6 is 11.8 Å². The third-order valence-electron chi connectivity index (χ3n) is 10.7. The second-order valence-electron chi connectivity index (χ2n) is 15.5. The van der Waals surface area contributed by atoms with Crippen molar-refractivity contribution in [2.75, 3.05) is 48.3 Å². The molecule has 1 atom stereocenters. The minimum Gasteiger partial charge on any atom is -0.399 e. The Bertz CT molecular complexity index is 2580. The molecule has 0 spiro atoms. The molecule has 0 aromatic heterocycles. The van der Waals surface area contributed by atoms with Crippen LogP contribution in [-0.4, -0.2) is 92.0 Å². The number of anilines is 2. The van der Waals surface area contributed by atoms with Gasteiger partial charge in [-0.3, -0.25) is 33.4 Å². The second-order valence-corrected chi connectivity index (χ2v) is 19.7. The molecule has 1 unspecified atom stereocenters. The number of carbonyl (C=O) groups is 3. The van der Waals surface area contributed by atoms with Gasteiger partial charge in [-0.05, 0) is 129 Å². The SMILES string of the molecule is CC(/C=C/C1=C(Sc2ccc(N)cc2)C(=C/C=C(\C)N(CCCCS(=O)(=O)O)c2ccc3ccccc3c2C)/CC(C(=O)NCCN2C(=O)C=CC2=O)C1)=NCCCCS(=O)(=O)O. The minimum absolute atomic E-state index is 0.0305. The molecule has 5 N–H and O–H groups in total. The van der Waals surface area contributed by atoms with Crippen LogP contribution in [0.25, 0.3) is 10.8 Å². The topological polar surface area (TPSA) is 217 Å². The van der Waals surface area contributed by atoms with Gasteiger partial charge in [0.15, 0.2) is 0 Å². The highest BCUT2D eigenvalue weighted by molar-refractivity contribution is 8.03. The summed E-state index contributed by atoms with van der Waals surface area (Å²) in [6.07, 6.45) is 12.4. The normalized spacial score (nSPS) is 17.2. The lowest BCUT2D eigenvalue weighted by atomic mass is 9.84. The van der Waals surface area contributed by atoms with Crippen molar-refractivity contribution in [3.63, 3.8) is 0 Å². The highest BCUT2D eigenvalue weighted by atomic mass is 32.2. The van der Waals surface area contributed by atoms with Crippen LogP contribution in [0.3, 0.4) is 0 Å². The van der Waals surface area contributed by atoms with Gasteiger partial charge in [0, 0.05) is 76.8 Å². The van der Waals surface area contributed by atoms with E-state index in [2.05, 4.69) is 40.3 Å². The van der Waals surface area contributed by atoms with E-state index in [0.29, 0.717) is 50.2 Å². The quantitative estimate of drug-likeness (QED) is 0.0274. The molecule has 0 radical (unpaired) electrons. The molecule has 3 aromatic carbocycles. The van der Waals surface area contributed by atoms with E-state index >= 15 is 0 Å². The highest BCUT2D eigenvalue weighted by Crippen LogP contribution is 2.44. The van der Waals surface area contributed by atoms with Crippen LogP contribution in [0.4, 0.5) is 11.4 Å². The molecule has 0 bridgehead atoms. The van der Waals surface area contributed by atoms with Gasteiger partial charge in [0.2, 0.25) is 5.91 Å². The number of fused-ring (bicyclic) bond motifs is 1. The van der Waals surface area contributed by atoms with Crippen LogP contribution in [0.2, 0.25) is 0 Å². The number of hydrogen-bond donors (Lipinski definition) is 4. The molecule has 14 nitrogen and oxygen atoms in total. The number of nitrogens with zero attached hydrogens (tertiary/aromatic N) is 3. The third-order valence-corrected chi connectivity index (χ3v) is 13.5. The fourth-order valence-corrected chi connectivity index (χ4v) is 9.54. The lowest BCUT2D eigenvalue weighted by Gasteiger charge is -2.29. The van der Waals surface area contributed by atoms with E-state index < -0.39 is 38.0 Å². The number of imide groups is 1. The third kappa shape index (κ3) is 14.9. The molecule has 5 rings (SSSR count). The molecule has 336 valence electrons. The molecule has 0 saturated carbocycles. The lowest BCUT2D eigenvalue weighted by Crippen LogP contribution is -2.40. The minimum atomic E-state index is -4.12. The number of thioether (sulfide) groups is 1. The second kappa shape index (κ2) is 22.3. The van der Waals surface area contributed by atoms with Crippen LogP contribution in [0.1, 0.15) is 57.9 Å². The van der Waals surface area contributed by atoms with Crippen molar-refractivity contribution < 1.29 is 40.3 Å². The number of benzene rings is 3. The van der Waals surface area contributed by atoms with Gasteiger partial charge in [0.05, 0.1) is 11.5 Å². The van der Waals surface area contributed by atoms with Crippen molar-refractivity contribution in [2.45, 2.75) is 64.2 Å². The van der Waals surface area contributed by atoms with E-state index in [1.165, 1.54) is 23.9 Å². The van der Waals surface area contributed by atoms with E-state index in [9.17, 15) is 35.8 Å². The number of nitrogens with two attached hydrogens (primary N) is 1. The number of carbonyl (C=O) groups excluding carboxylic acids is 3. The summed E-state index contributed by atoms with van der Waals surface area (Å²) in [5.74, 6) is -2.31. The maximum Gasteiger partial charge on any atom is 0.264 e. The number of allylic oxidation sites excluding steroid dienone is 7. The Balaban J connectivity index is 1.54. The summed E-state index contributed by atoms with van der Waals surface area (Å²) in [6.45, 7) is 6.80. The monoisotopic (exact) mass is 917 g/mol. The Morgan fingerprint density at radius 1 is 0.921 bits per heavy atom. The first-order chi connectivity index (χ1) is 29.9. The van der Waals surface area contributed by atoms with Gasteiger partial charge in [-0.1, -0.05) is 54.2 Å². The number of rotatable bonds is 21. The predicted octanol–water partition coefficient (Wildman–Crippen LogP) is 7.22. The first kappa shape index (κ1) is 48.7. The fraction of sp³-hybridized carbons (Fsp3) is 0.348. The Morgan fingerprint density at radius 2 is 1.59 bits per heavy atom. The van der Waals surface area contributed by atoms with Gasteiger partial charge in [0.1, 0.15) is 0 Å². The smallest absolute Gasteiger partial charge is 0.264 e. The molecule has 17 heteroatoms. The van der Waals surface area contributed by atoms with E-state index in [1.54, 1.807) is 0 Å². The highest BCUT2D eigenvalue weighted by Gasteiger charge is 2.30. The molecule has 3 aromatic rings. The molecule has 1 heterocycles. The summed E-state index contributed by atoms with van der Waals surface area (Å²) in [5.41, 5.74) is 11.9. The summed E-state index contributed by atoms with van der Waals surface area (Å²) in [7, 11) is -8.18. The Hall–Kier alpha value is -5.33. The Morgan fingerprint density at radius 3 is 2.27 bits per heavy atom. The van der Waals surface area contributed by atoms with E-state index in [-0.39, 0.29) is 43.3 Å². The van der Waals surface area contributed by atoms with Crippen molar-refractivity contribution in [3.8, 4) is 0 Å². The number of nitrogen functional groups attached to an aromatic ring is 1. The van der Waals surface area contributed by atoms with Gasteiger partial charge < -0.3 is 16.0 Å². The van der Waals surface area contributed by atoms with Crippen molar-refractivity contribution >= 4 is 77.6 Å². The van der Waals surface area contributed by atoms with Gasteiger partial charge in [-0.25, -0.2) is 0 Å². The van der Waals surface area contributed by atoms with Gasteiger partial charge in [0.25, 0.3) is 32.1 Å². The van der Waals surface area contributed by atoms with Gasteiger partial charge in [-0.2, -0.15) is 16.8 Å². The molecule has 1 aliphatic carbocycles. The van der Waals surface area contributed by atoms with Crippen molar-refractivity contribution in [1.82, 2.24) is 10.2 Å². The summed E-state index contributed by atoms with van der Waals surface area (Å²) in [4.78, 5) is 47.9. The molecular weight excluding hydrogens is 863 g/mol. The summed E-state index contributed by atoms with van der Waals surface area (Å²) in [6, 6.07) is 19.7. The van der Waals surface area contributed by atoms with Crippen LogP contribution < -0.4 is 16.0 Å². The summed E-state index contributed by atoms with van der Waals surface area (Å²) in [5, 5.41) is 5.10. The van der Waals surface area contributed by atoms with Crippen molar-refractivity contribution in [2.24, 2.45) is 10.9 Å². The van der Waals surface area contributed by atoms with E-state index in [4.69, 9.17) is 10.3 Å². The van der Waals surface area contributed by atoms with Gasteiger partial charge >= 0.3 is 0 Å². The number of amides is 3. The first-order valence-corrected chi connectivity index (χ1v) is 24.7. The van der Waals surface area contributed by atoms with Crippen LogP contribution in [-0.2, 0) is 34.6 Å². The fourth-order valence-electron chi connectivity index (χ4n) is 7.33. The number of hydrogen-bond acceptors (Lipinski definition) is 11. The average molecular weight is 918 g/mol. The predicted molar refractivity (Wildman–Crippen MR) is 252 cm³/mol. The first-order valence-electron chi connectivity index (χ1n) is 20.7. The van der Waals surface area contributed by atoms with E-state index in [0.717, 1.165) is 53.6 Å². The maximum atomic E-state index is 14.0. The van der Waals surface area contributed by atoms with Crippen LogP contribution in [0.15, 0.2) is 129 Å². The maximum absolute atomic E-state index is 14.0. The van der Waals surface area contributed by atoms with Crippen molar-refractivity contribution in [3.05, 3.63) is 124 Å². The number of nitrogens with one attached hydrogen (secondary N) is 1. The number of aliphatic imine (C=N–C) groups is 1. The largest absolute Gasteiger partial charge is 0.399 e. The Kier molecular flexibility index (Phi) is 17.3. The van der Waals surface area contributed by atoms with Gasteiger partial charge in [-0.15, -0.1) is 0 Å². The van der Waals surface area contributed by atoms with Crippen LogP contribution in [0, 0.1) is 12.8 Å². The Labute approximate surface area is 374 Å². The van der Waals surface area contributed by atoms with E-state index in [1.807, 2.05) is 80.6 Å². The number of aryl methyl sites for hydroxylation is 1. The average Bonchev–Trinajstić information content (AvgIpc) is 3.55. The van der Waals surface area contributed by atoms with Crippen molar-refractivity contribution in [1.29, 1.82) is 0 Å². The zero-order chi connectivity index (χ0) is 45.7. The molecule has 3 amide bonds. The molecular formula is C46H55N5O9S3. The molecule has 0 fully saturated rings. The summed E-state index contributed by atoms with van der Waals surface area (Å²) < 4.78 is 64.0. The molecule has 63 heavy (non-hydrogen) atoms. The molecule has 1 aliphatic heterocycles. The molecule has 0 saturated heterocycles. The lowest BCUT2D eigenvalue weighted by molar-refractivity contribution is -0.137. The molecule has 2 aliphatic rings. The zero-order valence-electron chi connectivity index (χ0n) is 35.7. The summed E-state index contributed by atoms with van der Waals surface area (Å²) >= 11 is 1.54. The van der Waals surface area contributed by atoms with Crippen LogP contribution in [0.5, 0.6) is 0 Å². The number of unbranched alkanes of at least 4 members (excludes halogenated alkanes) is 2.